The Morgan fingerprint density at radius 1 is 0.750 bits per heavy atom. The van der Waals surface area contributed by atoms with Crippen molar-refractivity contribution < 1.29 is 9.52 Å². The molecule has 190 valence electrons. The van der Waals surface area contributed by atoms with Crippen LogP contribution in [-0.4, -0.2) is 51.0 Å². The summed E-state index contributed by atoms with van der Waals surface area (Å²) in [6, 6.07) is 21.9. The maximum atomic E-state index is 9.43. The second-order valence-corrected chi connectivity index (χ2v) is 9.03. The minimum absolute atomic E-state index is 0.148. The van der Waals surface area contributed by atoms with Gasteiger partial charge >= 0.3 is 0 Å². The van der Waals surface area contributed by atoms with Crippen LogP contribution >= 0.6 is 0 Å². The number of aliphatic hydroxyl groups is 1. The maximum absolute atomic E-state index is 9.43. The van der Waals surface area contributed by atoms with E-state index in [1.807, 2.05) is 0 Å². The highest BCUT2D eigenvalue weighted by Crippen LogP contribution is 2.41. The summed E-state index contributed by atoms with van der Waals surface area (Å²) in [6.07, 6.45) is 0. The van der Waals surface area contributed by atoms with Crippen LogP contribution in [0.25, 0.3) is 33.4 Å². The summed E-state index contributed by atoms with van der Waals surface area (Å²) >= 11 is 0. The lowest BCUT2D eigenvalue weighted by Crippen LogP contribution is -2.29. The van der Waals surface area contributed by atoms with Gasteiger partial charge in [-0.15, -0.1) is 0 Å². The fourth-order valence-electron chi connectivity index (χ4n) is 5.18. The Morgan fingerprint density at radius 2 is 1.42 bits per heavy atom. The van der Waals surface area contributed by atoms with Crippen LogP contribution < -0.4 is 19.7 Å². The van der Waals surface area contributed by atoms with E-state index in [0.29, 0.717) is 6.54 Å². The van der Waals surface area contributed by atoms with Gasteiger partial charge in [0.25, 0.3) is 0 Å². The van der Waals surface area contributed by atoms with Gasteiger partial charge in [-0.05, 0) is 70.5 Å². The molecule has 2 aromatic rings. The number of hydrogen-bond donors (Lipinski definition) is 1. The molecule has 1 N–H and O–H groups in total. The first-order chi connectivity index (χ1) is 17.6. The van der Waals surface area contributed by atoms with E-state index >= 15 is 0 Å². The van der Waals surface area contributed by atoms with Crippen molar-refractivity contribution in [2.45, 2.75) is 34.6 Å². The number of likely N-dealkylation sites (N-methyl/N-ethyl adjacent to an activating group) is 1. The fourth-order valence-corrected chi connectivity index (χ4v) is 5.18. The maximum Gasteiger partial charge on any atom is 0.203 e. The molecule has 0 atom stereocenters. The van der Waals surface area contributed by atoms with Gasteiger partial charge in [-0.3, -0.25) is 0 Å². The number of aliphatic hydroxyl groups excluding tert-OH is 1. The topological polar surface area (TPSA) is 42.9 Å². The smallest absolute Gasteiger partial charge is 0.203 e. The standard InChI is InChI=1S/C31H40N3O2/c1-6-32(7-2)25-15-17-27-29(21-25)36-30-22-26(33(8-3)9-4)16-18-28(30)31(27)23-11-13-24(14-12-23)34(10-5)19-20-35/h11-18,21-22,35H,6-10,19-20H2,1-5H3/q+1. The van der Waals surface area contributed by atoms with Gasteiger partial charge in [0, 0.05) is 66.2 Å². The Balaban J connectivity index is 1.97. The molecule has 5 nitrogen and oxygen atoms in total. The van der Waals surface area contributed by atoms with E-state index in [4.69, 9.17) is 4.42 Å². The number of rotatable bonds is 10. The highest BCUT2D eigenvalue weighted by Gasteiger charge is 2.19. The SMILES string of the molecule is CCN(CC)c1ccc2c(-c3ccc(N(CC)CCO)cc3)c3ccc(=[N+](CC)CC)cc-3oc2c1. The molecule has 2 aromatic carbocycles. The van der Waals surface area contributed by atoms with Crippen LogP contribution in [0.3, 0.4) is 0 Å². The molecule has 4 rings (SSSR count). The number of fused-ring (bicyclic) bond motifs is 2. The number of nitrogens with zero attached hydrogens (tertiary/aromatic N) is 3. The number of benzene rings is 3. The first-order valence-corrected chi connectivity index (χ1v) is 13.4. The Hall–Kier alpha value is -3.31. The molecular weight excluding hydrogens is 446 g/mol. The van der Waals surface area contributed by atoms with Crippen molar-refractivity contribution in [3.63, 3.8) is 0 Å². The zero-order chi connectivity index (χ0) is 25.7. The Bertz CT molecular complexity index is 1330. The molecule has 2 aliphatic rings. The quantitative estimate of drug-likeness (QED) is 0.231. The monoisotopic (exact) mass is 486 g/mol. The summed E-state index contributed by atoms with van der Waals surface area (Å²) < 4.78 is 8.94. The highest BCUT2D eigenvalue weighted by molar-refractivity contribution is 6.02. The molecule has 0 saturated carbocycles. The molecule has 0 aromatic heterocycles. The van der Waals surface area contributed by atoms with Gasteiger partial charge in [-0.2, -0.15) is 0 Å². The van der Waals surface area contributed by atoms with Crippen molar-refractivity contribution in [3.8, 4) is 22.5 Å². The Kier molecular flexibility index (Phi) is 8.32. The van der Waals surface area contributed by atoms with Crippen LogP contribution in [-0.2, 0) is 0 Å². The summed E-state index contributed by atoms with van der Waals surface area (Å²) in [4.78, 5) is 4.54. The van der Waals surface area contributed by atoms with Gasteiger partial charge in [0.05, 0.1) is 12.7 Å². The van der Waals surface area contributed by atoms with Crippen molar-refractivity contribution >= 4 is 22.3 Å². The van der Waals surface area contributed by atoms with Crippen LogP contribution in [0.15, 0.2) is 65.1 Å². The third-order valence-corrected chi connectivity index (χ3v) is 7.22. The second kappa shape index (κ2) is 11.6. The van der Waals surface area contributed by atoms with Crippen molar-refractivity contribution in [2.24, 2.45) is 0 Å². The van der Waals surface area contributed by atoms with Gasteiger partial charge in [0.1, 0.15) is 24.4 Å². The van der Waals surface area contributed by atoms with Crippen molar-refractivity contribution in [3.05, 3.63) is 66.0 Å². The summed E-state index contributed by atoms with van der Waals surface area (Å²) in [5.74, 6) is 0.901. The molecule has 1 heterocycles. The van der Waals surface area contributed by atoms with E-state index in [1.54, 1.807) is 0 Å². The molecule has 0 unspecified atom stereocenters. The van der Waals surface area contributed by atoms with Crippen molar-refractivity contribution in [2.75, 3.05) is 55.7 Å². The fraction of sp³-hybridized carbons (Fsp3) is 0.387. The predicted molar refractivity (Wildman–Crippen MR) is 153 cm³/mol. The highest BCUT2D eigenvalue weighted by atomic mass is 16.3. The molecule has 36 heavy (non-hydrogen) atoms. The molecule has 0 amide bonds. The average Bonchev–Trinajstić information content (AvgIpc) is 2.92. The van der Waals surface area contributed by atoms with Gasteiger partial charge in [0.2, 0.25) is 5.36 Å². The zero-order valence-corrected chi connectivity index (χ0v) is 22.4. The first kappa shape index (κ1) is 25.8. The Labute approximate surface area is 215 Å². The van der Waals surface area contributed by atoms with Gasteiger partial charge in [0.15, 0.2) is 0 Å². The molecular formula is C31H40N3O2+. The van der Waals surface area contributed by atoms with Crippen LogP contribution in [0.1, 0.15) is 34.6 Å². The lowest BCUT2D eigenvalue weighted by atomic mass is 9.93. The molecule has 0 radical (unpaired) electrons. The van der Waals surface area contributed by atoms with Crippen LogP contribution in [0.2, 0.25) is 0 Å². The normalized spacial score (nSPS) is 11.3. The lowest BCUT2D eigenvalue weighted by Gasteiger charge is -2.23. The summed E-state index contributed by atoms with van der Waals surface area (Å²) in [5, 5.41) is 11.7. The summed E-state index contributed by atoms with van der Waals surface area (Å²) in [6.45, 7) is 16.3. The third-order valence-electron chi connectivity index (χ3n) is 7.22. The van der Waals surface area contributed by atoms with E-state index in [1.165, 1.54) is 16.6 Å². The van der Waals surface area contributed by atoms with Crippen molar-refractivity contribution in [1.82, 2.24) is 4.58 Å². The van der Waals surface area contributed by atoms with Crippen molar-refractivity contribution in [1.29, 1.82) is 0 Å². The minimum atomic E-state index is 0.148. The number of hydrogen-bond acceptors (Lipinski definition) is 4. The third kappa shape index (κ3) is 4.98. The zero-order valence-electron chi connectivity index (χ0n) is 22.4. The second-order valence-electron chi connectivity index (χ2n) is 9.03. The first-order valence-electron chi connectivity index (χ1n) is 13.4. The van der Waals surface area contributed by atoms with Crippen LogP contribution in [0.4, 0.5) is 11.4 Å². The molecule has 0 bridgehead atoms. The van der Waals surface area contributed by atoms with E-state index in [-0.39, 0.29) is 6.61 Å². The molecule has 0 fully saturated rings. The average molecular weight is 487 g/mol. The number of anilines is 2. The molecule has 1 aliphatic carbocycles. The minimum Gasteiger partial charge on any atom is -0.456 e. The molecule has 0 spiro atoms. The molecule has 1 aliphatic heterocycles. The van der Waals surface area contributed by atoms with Gasteiger partial charge in [-0.25, -0.2) is 4.58 Å². The summed E-state index contributed by atoms with van der Waals surface area (Å²) in [7, 11) is 0. The summed E-state index contributed by atoms with van der Waals surface area (Å²) in [5.41, 5.74) is 6.68. The van der Waals surface area contributed by atoms with Crippen LogP contribution in [0.5, 0.6) is 0 Å². The molecule has 5 heteroatoms. The van der Waals surface area contributed by atoms with Crippen LogP contribution in [0, 0.1) is 0 Å². The van der Waals surface area contributed by atoms with E-state index in [2.05, 4.69) is 110 Å². The van der Waals surface area contributed by atoms with E-state index in [0.717, 1.165) is 66.3 Å². The largest absolute Gasteiger partial charge is 0.456 e. The predicted octanol–water partition coefficient (Wildman–Crippen LogP) is 5.68. The lowest BCUT2D eigenvalue weighted by molar-refractivity contribution is 0.302. The van der Waals surface area contributed by atoms with Gasteiger partial charge < -0.3 is 19.3 Å². The van der Waals surface area contributed by atoms with E-state index in [9.17, 15) is 5.11 Å². The molecule has 0 saturated heterocycles. The van der Waals surface area contributed by atoms with E-state index < -0.39 is 0 Å². The Morgan fingerprint density at radius 3 is 2.03 bits per heavy atom. The van der Waals surface area contributed by atoms with Gasteiger partial charge in [-0.1, -0.05) is 12.1 Å².